The quantitative estimate of drug-likeness (QED) is 0.490. The third-order valence-electron chi connectivity index (χ3n) is 3.78. The second kappa shape index (κ2) is 8.33. The number of thioether (sulfide) groups is 1. The third kappa shape index (κ3) is 4.33. The topological polar surface area (TPSA) is 73.3 Å². The molecule has 122 valence electrons. The number of aromatic nitrogens is 2. The van der Waals surface area contributed by atoms with Crippen LogP contribution in [0.25, 0.3) is 0 Å². The van der Waals surface area contributed by atoms with E-state index in [1.807, 2.05) is 6.26 Å². The lowest BCUT2D eigenvalue weighted by molar-refractivity contribution is 0.0520. The maximum absolute atomic E-state index is 11.8. The van der Waals surface area contributed by atoms with E-state index in [0.29, 0.717) is 35.3 Å². The summed E-state index contributed by atoms with van der Waals surface area (Å²) in [4.78, 5) is 20.5. The number of anilines is 1. The predicted molar refractivity (Wildman–Crippen MR) is 86.4 cm³/mol. The van der Waals surface area contributed by atoms with Gasteiger partial charge in [-0.3, -0.25) is 0 Å². The van der Waals surface area contributed by atoms with Gasteiger partial charge >= 0.3 is 5.97 Å². The monoisotopic (exact) mass is 325 g/mol. The molecule has 1 fully saturated rings. The van der Waals surface area contributed by atoms with Crippen LogP contribution in [0, 0.1) is 0 Å². The van der Waals surface area contributed by atoms with E-state index in [0.717, 1.165) is 25.7 Å². The van der Waals surface area contributed by atoms with Crippen LogP contribution >= 0.6 is 11.8 Å². The van der Waals surface area contributed by atoms with Gasteiger partial charge in [0.05, 0.1) is 12.7 Å². The number of hydrogen-bond acceptors (Lipinski definition) is 7. The summed E-state index contributed by atoms with van der Waals surface area (Å²) in [5.74, 6) is 0.192. The number of esters is 1. The van der Waals surface area contributed by atoms with E-state index in [1.165, 1.54) is 11.8 Å². The van der Waals surface area contributed by atoms with Gasteiger partial charge in [0.25, 0.3) is 0 Å². The van der Waals surface area contributed by atoms with Gasteiger partial charge in [0.1, 0.15) is 10.6 Å². The molecule has 0 aliphatic heterocycles. The lowest BCUT2D eigenvalue weighted by Crippen LogP contribution is -2.30. The van der Waals surface area contributed by atoms with Gasteiger partial charge < -0.3 is 14.8 Å². The van der Waals surface area contributed by atoms with E-state index in [9.17, 15) is 4.79 Å². The Morgan fingerprint density at radius 2 is 2.14 bits per heavy atom. The van der Waals surface area contributed by atoms with Crippen LogP contribution < -0.4 is 5.32 Å². The number of nitrogens with one attached hydrogen (secondary N) is 1. The molecular formula is C15H23N3O3S. The number of nitrogens with zero attached hydrogens (tertiary/aromatic N) is 2. The summed E-state index contributed by atoms with van der Waals surface area (Å²) in [5.41, 5.74) is 0.419. The van der Waals surface area contributed by atoms with Gasteiger partial charge in [-0.05, 0) is 38.9 Å². The fourth-order valence-electron chi connectivity index (χ4n) is 2.57. The van der Waals surface area contributed by atoms with Crippen LogP contribution in [-0.4, -0.2) is 48.1 Å². The lowest BCUT2D eigenvalue weighted by atomic mass is 9.93. The summed E-state index contributed by atoms with van der Waals surface area (Å²) in [7, 11) is 1.76. The highest BCUT2D eigenvalue weighted by Crippen LogP contribution is 2.24. The van der Waals surface area contributed by atoms with Gasteiger partial charge in [0, 0.05) is 19.3 Å². The number of hydrogen-bond donors (Lipinski definition) is 1. The first kappa shape index (κ1) is 17.0. The van der Waals surface area contributed by atoms with Gasteiger partial charge in [-0.15, -0.1) is 11.8 Å². The summed E-state index contributed by atoms with van der Waals surface area (Å²) in [6, 6.07) is 0.356. The summed E-state index contributed by atoms with van der Waals surface area (Å²) in [5, 5.41) is 4.00. The molecular weight excluding hydrogens is 302 g/mol. The SMILES string of the molecule is CCOC(=O)c1cnc(NC2CCC(OC)CC2)nc1SC. The minimum absolute atomic E-state index is 0.343. The van der Waals surface area contributed by atoms with Crippen LogP contribution in [0.2, 0.25) is 0 Å². The molecule has 6 nitrogen and oxygen atoms in total. The third-order valence-corrected chi connectivity index (χ3v) is 4.48. The van der Waals surface area contributed by atoms with Crippen LogP contribution in [0.5, 0.6) is 0 Å². The van der Waals surface area contributed by atoms with Crippen molar-refractivity contribution in [1.29, 1.82) is 0 Å². The van der Waals surface area contributed by atoms with Crippen molar-refractivity contribution >= 4 is 23.7 Å². The van der Waals surface area contributed by atoms with Gasteiger partial charge in [0.2, 0.25) is 5.95 Å². The summed E-state index contributed by atoms with van der Waals surface area (Å²) < 4.78 is 10.4. The molecule has 1 aliphatic rings. The summed E-state index contributed by atoms with van der Waals surface area (Å²) in [6.07, 6.45) is 7.96. The number of carbonyl (C=O) groups excluding carboxylic acids is 1. The van der Waals surface area contributed by atoms with Gasteiger partial charge in [-0.1, -0.05) is 0 Å². The van der Waals surface area contributed by atoms with Crippen LogP contribution in [0.15, 0.2) is 11.2 Å². The average molecular weight is 325 g/mol. The van der Waals surface area contributed by atoms with E-state index >= 15 is 0 Å². The molecule has 0 spiro atoms. The second-order valence-corrected chi connectivity index (χ2v) is 5.99. The Balaban J connectivity index is 2.02. The number of methoxy groups -OCH3 is 1. The molecule has 1 aliphatic carbocycles. The van der Waals surface area contributed by atoms with Crippen LogP contribution in [0.3, 0.4) is 0 Å². The maximum Gasteiger partial charge on any atom is 0.342 e. The molecule has 22 heavy (non-hydrogen) atoms. The fraction of sp³-hybridized carbons (Fsp3) is 0.667. The van der Waals surface area contributed by atoms with E-state index in [1.54, 1.807) is 20.2 Å². The molecule has 7 heteroatoms. The summed E-state index contributed by atoms with van der Waals surface area (Å²) >= 11 is 1.42. The molecule has 1 N–H and O–H groups in total. The molecule has 1 aromatic rings. The van der Waals surface area contributed by atoms with Crippen LogP contribution in [0.4, 0.5) is 5.95 Å². The highest BCUT2D eigenvalue weighted by molar-refractivity contribution is 7.98. The Kier molecular flexibility index (Phi) is 6.45. The number of carbonyl (C=O) groups is 1. The Morgan fingerprint density at radius 1 is 1.41 bits per heavy atom. The molecule has 1 saturated carbocycles. The zero-order valence-electron chi connectivity index (χ0n) is 13.3. The first-order valence-electron chi connectivity index (χ1n) is 7.55. The zero-order chi connectivity index (χ0) is 15.9. The van der Waals surface area contributed by atoms with Crippen molar-refractivity contribution in [2.45, 2.75) is 49.8 Å². The summed E-state index contributed by atoms with van der Waals surface area (Å²) in [6.45, 7) is 2.12. The normalized spacial score (nSPS) is 21.4. The van der Waals surface area contributed by atoms with E-state index in [4.69, 9.17) is 9.47 Å². The molecule has 0 amide bonds. The predicted octanol–water partition coefficient (Wildman–Crippen LogP) is 2.74. The zero-order valence-corrected chi connectivity index (χ0v) is 14.1. The molecule has 0 radical (unpaired) electrons. The van der Waals surface area contributed by atoms with Crippen LogP contribution in [-0.2, 0) is 9.47 Å². The lowest BCUT2D eigenvalue weighted by Gasteiger charge is -2.28. The molecule has 0 bridgehead atoms. The van der Waals surface area contributed by atoms with E-state index < -0.39 is 0 Å². The van der Waals surface area contributed by atoms with Gasteiger partial charge in [0.15, 0.2) is 0 Å². The number of rotatable bonds is 6. The average Bonchev–Trinajstić information content (AvgIpc) is 2.55. The van der Waals surface area contributed by atoms with Crippen LogP contribution in [0.1, 0.15) is 43.0 Å². The minimum Gasteiger partial charge on any atom is -0.462 e. The molecule has 1 aromatic heterocycles. The molecule has 0 unspecified atom stereocenters. The van der Waals surface area contributed by atoms with Crippen molar-refractivity contribution < 1.29 is 14.3 Å². The Bertz CT molecular complexity index is 505. The van der Waals surface area contributed by atoms with Crippen molar-refractivity contribution in [3.05, 3.63) is 11.8 Å². The van der Waals surface area contributed by atoms with E-state index in [-0.39, 0.29) is 5.97 Å². The molecule has 0 saturated heterocycles. The first-order chi connectivity index (χ1) is 10.7. The van der Waals surface area contributed by atoms with Crippen molar-refractivity contribution in [2.75, 3.05) is 25.3 Å². The van der Waals surface area contributed by atoms with Crippen molar-refractivity contribution in [2.24, 2.45) is 0 Å². The largest absolute Gasteiger partial charge is 0.462 e. The highest BCUT2D eigenvalue weighted by atomic mass is 32.2. The molecule has 0 atom stereocenters. The standard InChI is InChI=1S/C15H23N3O3S/c1-4-21-14(19)12-9-16-15(18-13(12)22-3)17-10-5-7-11(20-2)8-6-10/h9-11H,4-8H2,1-3H3,(H,16,17,18). The number of ether oxygens (including phenoxy) is 2. The molecule has 2 rings (SSSR count). The Labute approximate surface area is 135 Å². The van der Waals surface area contributed by atoms with Crippen molar-refractivity contribution in [3.8, 4) is 0 Å². The second-order valence-electron chi connectivity index (χ2n) is 5.19. The van der Waals surface area contributed by atoms with E-state index in [2.05, 4.69) is 15.3 Å². The Hall–Kier alpha value is -1.34. The maximum atomic E-state index is 11.8. The van der Waals surface area contributed by atoms with Gasteiger partial charge in [-0.25, -0.2) is 14.8 Å². The van der Waals surface area contributed by atoms with Crippen molar-refractivity contribution in [3.63, 3.8) is 0 Å². The fourth-order valence-corrected chi connectivity index (χ4v) is 3.10. The van der Waals surface area contributed by atoms with Crippen molar-refractivity contribution in [1.82, 2.24) is 9.97 Å². The smallest absolute Gasteiger partial charge is 0.342 e. The van der Waals surface area contributed by atoms with Gasteiger partial charge in [-0.2, -0.15) is 0 Å². The Morgan fingerprint density at radius 3 is 2.73 bits per heavy atom. The molecule has 0 aromatic carbocycles. The minimum atomic E-state index is -0.376. The first-order valence-corrected chi connectivity index (χ1v) is 8.77. The molecule has 1 heterocycles. The highest BCUT2D eigenvalue weighted by Gasteiger charge is 2.22.